The van der Waals surface area contributed by atoms with Crippen molar-refractivity contribution in [1.82, 2.24) is 20.3 Å². The van der Waals surface area contributed by atoms with E-state index in [9.17, 15) is 9.59 Å². The van der Waals surface area contributed by atoms with Gasteiger partial charge in [0.1, 0.15) is 5.52 Å². The first-order valence-corrected chi connectivity index (χ1v) is 8.79. The molecule has 0 saturated carbocycles. The van der Waals surface area contributed by atoms with Gasteiger partial charge in [-0.2, -0.15) is 0 Å². The number of aromatic nitrogens is 3. The molecule has 1 amide bonds. The quantitative estimate of drug-likeness (QED) is 0.678. The molecular weight excluding hydrogens is 344 g/mol. The lowest BCUT2D eigenvalue weighted by molar-refractivity contribution is -0.141. The third-order valence-electron chi connectivity index (χ3n) is 4.46. The Hall–Kier alpha value is -3.22. The molecule has 0 aliphatic heterocycles. The number of hydrogen-bond donors (Lipinski definition) is 1. The molecule has 0 aliphatic rings. The van der Waals surface area contributed by atoms with Crippen LogP contribution >= 0.6 is 0 Å². The van der Waals surface area contributed by atoms with E-state index in [0.717, 1.165) is 16.6 Å². The summed E-state index contributed by atoms with van der Waals surface area (Å²) < 4.78 is 6.54. The van der Waals surface area contributed by atoms with Crippen LogP contribution in [-0.2, 0) is 16.1 Å². The summed E-state index contributed by atoms with van der Waals surface area (Å²) >= 11 is 0. The fraction of sp³-hybridized carbons (Fsp3) is 0.300. The molecule has 140 valence electrons. The number of carbonyl (C=O) groups excluding carboxylic acids is 2. The number of nitrogens with one attached hydrogen (secondary N) is 1. The largest absolute Gasteiger partial charge is 0.469 e. The lowest BCUT2D eigenvalue weighted by atomic mass is 10.0. The van der Waals surface area contributed by atoms with E-state index in [1.54, 1.807) is 16.8 Å². The average molecular weight is 366 g/mol. The molecule has 1 N–H and O–H groups in total. The van der Waals surface area contributed by atoms with Gasteiger partial charge in [0.05, 0.1) is 25.1 Å². The predicted molar refractivity (Wildman–Crippen MR) is 101 cm³/mol. The highest BCUT2D eigenvalue weighted by Crippen LogP contribution is 2.20. The van der Waals surface area contributed by atoms with Crippen LogP contribution in [0.15, 0.2) is 42.5 Å². The van der Waals surface area contributed by atoms with Crippen molar-refractivity contribution >= 4 is 22.9 Å². The minimum absolute atomic E-state index is 0.0551. The van der Waals surface area contributed by atoms with Gasteiger partial charge in [0.25, 0.3) is 5.91 Å². The smallest absolute Gasteiger partial charge is 0.307 e. The zero-order valence-corrected chi connectivity index (χ0v) is 15.6. The van der Waals surface area contributed by atoms with Gasteiger partial charge in [0.2, 0.25) is 0 Å². The van der Waals surface area contributed by atoms with Crippen molar-refractivity contribution in [1.29, 1.82) is 0 Å². The fourth-order valence-corrected chi connectivity index (χ4v) is 2.89. The topological polar surface area (TPSA) is 86.1 Å². The van der Waals surface area contributed by atoms with Crippen molar-refractivity contribution in [3.8, 4) is 0 Å². The van der Waals surface area contributed by atoms with Gasteiger partial charge in [-0.3, -0.25) is 9.59 Å². The normalized spacial score (nSPS) is 12.0. The number of benzene rings is 2. The van der Waals surface area contributed by atoms with E-state index in [1.807, 2.05) is 44.2 Å². The minimum atomic E-state index is -0.479. The molecule has 0 bridgehead atoms. The Morgan fingerprint density at radius 1 is 1.19 bits per heavy atom. The molecule has 0 spiro atoms. The maximum absolute atomic E-state index is 12.8. The second-order valence-electron chi connectivity index (χ2n) is 6.33. The summed E-state index contributed by atoms with van der Waals surface area (Å²) in [5.41, 5.74) is 3.94. The summed E-state index contributed by atoms with van der Waals surface area (Å²) in [7, 11) is 1.33. The second-order valence-corrected chi connectivity index (χ2v) is 6.33. The van der Waals surface area contributed by atoms with Crippen LogP contribution in [-0.4, -0.2) is 34.0 Å². The van der Waals surface area contributed by atoms with E-state index in [4.69, 9.17) is 4.74 Å². The zero-order chi connectivity index (χ0) is 19.4. The van der Waals surface area contributed by atoms with Gasteiger partial charge < -0.3 is 10.1 Å². The number of aryl methyl sites for hydroxylation is 2. The molecule has 1 heterocycles. The van der Waals surface area contributed by atoms with E-state index in [0.29, 0.717) is 17.6 Å². The summed E-state index contributed by atoms with van der Waals surface area (Å²) in [5, 5.41) is 11.1. The number of hydrogen-bond acceptors (Lipinski definition) is 5. The molecule has 2 aromatic carbocycles. The predicted octanol–water partition coefficient (Wildman–Crippen LogP) is 2.79. The van der Waals surface area contributed by atoms with E-state index >= 15 is 0 Å². The highest BCUT2D eigenvalue weighted by atomic mass is 16.5. The van der Waals surface area contributed by atoms with Gasteiger partial charge in [0, 0.05) is 12.1 Å². The molecule has 0 fully saturated rings. The van der Waals surface area contributed by atoms with E-state index in [-0.39, 0.29) is 18.3 Å². The number of methoxy groups -OCH3 is 1. The highest BCUT2D eigenvalue weighted by molar-refractivity contribution is 5.97. The van der Waals surface area contributed by atoms with Crippen LogP contribution in [0.3, 0.4) is 0 Å². The lowest BCUT2D eigenvalue weighted by Crippen LogP contribution is -2.30. The summed E-state index contributed by atoms with van der Waals surface area (Å²) in [6.45, 7) is 4.67. The number of rotatable bonds is 6. The molecule has 0 aliphatic carbocycles. The molecule has 0 radical (unpaired) electrons. The van der Waals surface area contributed by atoms with Crippen molar-refractivity contribution in [3.63, 3.8) is 0 Å². The van der Waals surface area contributed by atoms with Crippen LogP contribution < -0.4 is 5.32 Å². The van der Waals surface area contributed by atoms with E-state index < -0.39 is 6.04 Å². The van der Waals surface area contributed by atoms with Crippen molar-refractivity contribution in [2.24, 2.45) is 0 Å². The molecule has 1 atom stereocenters. The Labute approximate surface area is 157 Å². The number of nitrogens with zero attached hydrogens (tertiary/aromatic N) is 3. The SMILES string of the molecule is CCn1nnc2cc(C(=O)NC(CC(=O)OC)c3ccc(C)cc3)ccc21. The molecule has 27 heavy (non-hydrogen) atoms. The van der Waals surface area contributed by atoms with E-state index in [2.05, 4.69) is 15.6 Å². The maximum Gasteiger partial charge on any atom is 0.307 e. The molecule has 7 heteroatoms. The van der Waals surface area contributed by atoms with Crippen LogP contribution in [0.4, 0.5) is 0 Å². The van der Waals surface area contributed by atoms with Crippen molar-refractivity contribution < 1.29 is 14.3 Å². The van der Waals surface area contributed by atoms with Gasteiger partial charge in [-0.25, -0.2) is 4.68 Å². The second kappa shape index (κ2) is 7.99. The maximum atomic E-state index is 12.8. The Morgan fingerprint density at radius 3 is 2.59 bits per heavy atom. The molecule has 0 saturated heterocycles. The molecular formula is C20H22N4O3. The zero-order valence-electron chi connectivity index (χ0n) is 15.6. The van der Waals surface area contributed by atoms with Crippen molar-refractivity contribution in [3.05, 3.63) is 59.2 Å². The van der Waals surface area contributed by atoms with Gasteiger partial charge in [-0.15, -0.1) is 5.10 Å². The van der Waals surface area contributed by atoms with Crippen molar-refractivity contribution in [2.45, 2.75) is 32.9 Å². The van der Waals surface area contributed by atoms with E-state index in [1.165, 1.54) is 7.11 Å². The number of amides is 1. The summed E-state index contributed by atoms with van der Waals surface area (Å²) in [5.74, 6) is -0.667. The number of fused-ring (bicyclic) bond motifs is 1. The van der Waals surface area contributed by atoms with Gasteiger partial charge in [0.15, 0.2) is 0 Å². The Kier molecular flexibility index (Phi) is 5.49. The summed E-state index contributed by atoms with van der Waals surface area (Å²) in [4.78, 5) is 24.6. The first-order chi connectivity index (χ1) is 13.0. The fourth-order valence-electron chi connectivity index (χ4n) is 2.89. The van der Waals surface area contributed by atoms with Crippen LogP contribution in [0, 0.1) is 6.92 Å². The first-order valence-electron chi connectivity index (χ1n) is 8.79. The van der Waals surface area contributed by atoms with Gasteiger partial charge >= 0.3 is 5.97 Å². The third kappa shape index (κ3) is 4.13. The van der Waals surface area contributed by atoms with Crippen LogP contribution in [0.5, 0.6) is 0 Å². The number of carbonyl (C=O) groups is 2. The summed E-state index contributed by atoms with van der Waals surface area (Å²) in [6, 6.07) is 12.5. The van der Waals surface area contributed by atoms with Crippen LogP contribution in [0.1, 0.15) is 40.9 Å². The average Bonchev–Trinajstić information content (AvgIpc) is 3.10. The molecule has 1 aromatic heterocycles. The van der Waals surface area contributed by atoms with Gasteiger partial charge in [-0.05, 0) is 37.6 Å². The lowest BCUT2D eigenvalue weighted by Gasteiger charge is -2.18. The van der Waals surface area contributed by atoms with Crippen LogP contribution in [0.25, 0.3) is 11.0 Å². The minimum Gasteiger partial charge on any atom is -0.469 e. The third-order valence-corrected chi connectivity index (χ3v) is 4.46. The van der Waals surface area contributed by atoms with Crippen LogP contribution in [0.2, 0.25) is 0 Å². The Morgan fingerprint density at radius 2 is 1.93 bits per heavy atom. The Bertz CT molecular complexity index is 963. The summed E-state index contributed by atoms with van der Waals surface area (Å²) in [6.07, 6.45) is 0.0551. The molecule has 3 aromatic rings. The monoisotopic (exact) mass is 366 g/mol. The first kappa shape index (κ1) is 18.6. The molecule has 7 nitrogen and oxygen atoms in total. The standard InChI is InChI=1S/C20H22N4O3/c1-4-24-18-10-9-15(11-17(18)22-23-24)20(26)21-16(12-19(25)27-3)14-7-5-13(2)6-8-14/h5-11,16H,4,12H2,1-3H3,(H,21,26). The molecule has 3 rings (SSSR count). The van der Waals surface area contributed by atoms with Gasteiger partial charge in [-0.1, -0.05) is 35.0 Å². The highest BCUT2D eigenvalue weighted by Gasteiger charge is 2.20. The number of ether oxygens (including phenoxy) is 1. The molecule has 1 unspecified atom stereocenters. The van der Waals surface area contributed by atoms with Crippen molar-refractivity contribution in [2.75, 3.05) is 7.11 Å². The number of esters is 1. The Balaban J connectivity index is 1.84.